The number of nitrogens with two attached hydrogens (primary N) is 1. The quantitative estimate of drug-likeness (QED) is 0.0568. The van der Waals surface area contributed by atoms with Crippen LogP contribution >= 0.6 is 56.8 Å². The number of halogens is 3. The lowest BCUT2D eigenvalue weighted by Gasteiger charge is -2.19. The standard InChI is InChI=1S/C21H23IN6O.C18H20IN5O2.C8H12ClNO/c1-26(14-8-9-14)10-4-7-18(29)27(2)15-5-3-6-16(11-15)28-12-17(22)19-20(23)24-13-25-21(19)28;1-18(2,3)26-17(25)23-15-14-13(19)9-24(16(14)22-10-21-15)12-7-5-6-11(8-12)20-4;1-10(7-4-5-7)6-2-3-8(9)11/h3-7,11-14H,8-10H2,1-2H3,(H2,23,24,25);5-10,20H,1-4H3,(H,21,22,23,25);2-3,7H,4-6H2,1H3/b7-4+;;3-2+. The van der Waals surface area contributed by atoms with Gasteiger partial charge in [0, 0.05) is 87.6 Å². The van der Waals surface area contributed by atoms with E-state index in [0.29, 0.717) is 23.3 Å². The number of amides is 2. The van der Waals surface area contributed by atoms with Crippen molar-refractivity contribution in [3.63, 3.8) is 0 Å². The van der Waals surface area contributed by atoms with Crippen LogP contribution in [0, 0.1) is 7.14 Å². The van der Waals surface area contributed by atoms with E-state index in [0.717, 1.165) is 65.4 Å². The summed E-state index contributed by atoms with van der Waals surface area (Å²) in [4.78, 5) is 58.3. The number of likely N-dealkylation sites (N-methyl/N-ethyl adjacent to an activating group) is 3. The van der Waals surface area contributed by atoms with E-state index in [-0.39, 0.29) is 5.91 Å². The summed E-state index contributed by atoms with van der Waals surface area (Å²) < 4.78 is 11.2. The van der Waals surface area contributed by atoms with Crippen LogP contribution in [0.4, 0.5) is 27.8 Å². The highest BCUT2D eigenvalue weighted by Gasteiger charge is 2.26. The third-order valence-corrected chi connectivity index (χ3v) is 12.4. The molecule has 8 rings (SSSR count). The van der Waals surface area contributed by atoms with Gasteiger partial charge >= 0.3 is 6.09 Å². The molecule has 2 aliphatic carbocycles. The van der Waals surface area contributed by atoms with Crippen LogP contribution in [0.2, 0.25) is 0 Å². The monoisotopic (exact) mass is 1140 g/mol. The molecule has 2 saturated carbocycles. The van der Waals surface area contributed by atoms with Gasteiger partial charge in [0.25, 0.3) is 0 Å². The van der Waals surface area contributed by atoms with Crippen molar-refractivity contribution in [1.82, 2.24) is 38.9 Å². The highest BCUT2D eigenvalue weighted by Crippen LogP contribution is 2.32. The number of nitrogen functional groups attached to an aromatic ring is 1. The molecule has 0 aliphatic heterocycles. The van der Waals surface area contributed by atoms with E-state index in [4.69, 9.17) is 22.1 Å². The van der Waals surface area contributed by atoms with Gasteiger partial charge in [-0.05, 0) is 160 Å². The van der Waals surface area contributed by atoms with Gasteiger partial charge < -0.3 is 20.7 Å². The number of allylic oxidation sites excluding steroid dienone is 1. The van der Waals surface area contributed by atoms with E-state index < -0.39 is 16.9 Å². The van der Waals surface area contributed by atoms with Gasteiger partial charge in [-0.25, -0.2) is 24.7 Å². The van der Waals surface area contributed by atoms with Gasteiger partial charge in [0.2, 0.25) is 11.1 Å². The highest BCUT2D eigenvalue weighted by atomic mass is 127. The number of hydrogen-bond donors (Lipinski definition) is 3. The fourth-order valence-corrected chi connectivity index (χ4v) is 8.47. The first-order chi connectivity index (χ1) is 31.4. The fourth-order valence-electron chi connectivity index (χ4n) is 6.81. The third-order valence-electron chi connectivity index (χ3n) is 10.6. The molecule has 19 heteroatoms. The van der Waals surface area contributed by atoms with Crippen LogP contribution in [0.25, 0.3) is 33.4 Å². The highest BCUT2D eigenvalue weighted by molar-refractivity contribution is 14.1. The minimum absolute atomic E-state index is 0.0511. The van der Waals surface area contributed by atoms with Crippen molar-refractivity contribution in [1.29, 1.82) is 0 Å². The Balaban J connectivity index is 0.000000179. The molecule has 4 heterocycles. The maximum absolute atomic E-state index is 12.6. The van der Waals surface area contributed by atoms with E-state index in [1.165, 1.54) is 44.4 Å². The molecule has 2 aromatic carbocycles. The van der Waals surface area contributed by atoms with Crippen LogP contribution in [0.15, 0.2) is 97.9 Å². The number of benzene rings is 2. The van der Waals surface area contributed by atoms with E-state index in [2.05, 4.69) is 99.6 Å². The normalized spacial score (nSPS) is 13.8. The van der Waals surface area contributed by atoms with Crippen molar-refractivity contribution in [2.24, 2.45) is 0 Å². The van der Waals surface area contributed by atoms with Gasteiger partial charge in [-0.3, -0.25) is 33.8 Å². The summed E-state index contributed by atoms with van der Waals surface area (Å²) in [6.07, 6.45) is 18.2. The van der Waals surface area contributed by atoms with Crippen LogP contribution in [0.1, 0.15) is 46.5 Å². The third kappa shape index (κ3) is 13.7. The number of nitrogens with zero attached hydrogens (tertiary/aromatic N) is 9. The fraction of sp³-hybridized carbons (Fsp3) is 0.340. The Kier molecular flexibility index (Phi) is 17.2. The molecule has 4 N–H and O–H groups in total. The van der Waals surface area contributed by atoms with Crippen LogP contribution in [-0.4, -0.2) is 115 Å². The van der Waals surface area contributed by atoms with Crippen molar-refractivity contribution in [2.45, 2.75) is 64.1 Å². The molecule has 2 fully saturated rings. The van der Waals surface area contributed by atoms with Gasteiger partial charge in [-0.1, -0.05) is 24.3 Å². The first-order valence-corrected chi connectivity index (χ1v) is 23.9. The van der Waals surface area contributed by atoms with Crippen molar-refractivity contribution in [2.75, 3.05) is 62.5 Å². The van der Waals surface area contributed by atoms with Gasteiger partial charge in [0.05, 0.1) is 10.8 Å². The summed E-state index contributed by atoms with van der Waals surface area (Å²) in [6.45, 7) is 7.06. The molecule has 6 aromatic rings. The lowest BCUT2D eigenvalue weighted by atomic mass is 10.2. The zero-order valence-corrected chi connectivity index (χ0v) is 43.1. The topological polar surface area (TPSA) is 182 Å². The maximum atomic E-state index is 12.6. The summed E-state index contributed by atoms with van der Waals surface area (Å²) in [7, 11) is 7.81. The molecule has 0 radical (unpaired) electrons. The predicted molar refractivity (Wildman–Crippen MR) is 281 cm³/mol. The number of carbonyl (C=O) groups is 3. The Morgan fingerprint density at radius 1 is 0.818 bits per heavy atom. The minimum Gasteiger partial charge on any atom is -0.444 e. The number of fused-ring (bicyclic) bond motifs is 2. The van der Waals surface area contributed by atoms with E-state index in [9.17, 15) is 14.4 Å². The second kappa shape index (κ2) is 22.6. The summed E-state index contributed by atoms with van der Waals surface area (Å²) in [5.41, 5.74) is 10.6. The summed E-state index contributed by atoms with van der Waals surface area (Å²) in [5.74, 6) is 0.838. The second-order valence-corrected chi connectivity index (χ2v) is 19.6. The minimum atomic E-state index is -0.580. The van der Waals surface area contributed by atoms with Crippen LogP contribution in [0.3, 0.4) is 0 Å². The van der Waals surface area contributed by atoms with E-state index in [1.54, 1.807) is 24.1 Å². The molecule has 0 spiro atoms. The largest absolute Gasteiger partial charge is 0.444 e. The van der Waals surface area contributed by atoms with Gasteiger partial charge in [-0.15, -0.1) is 0 Å². The van der Waals surface area contributed by atoms with Crippen LogP contribution in [-0.2, 0) is 14.3 Å². The van der Waals surface area contributed by atoms with Crippen LogP contribution < -0.4 is 21.3 Å². The molecule has 348 valence electrons. The maximum Gasteiger partial charge on any atom is 0.413 e. The zero-order chi connectivity index (χ0) is 47.7. The molecule has 16 nitrogen and oxygen atoms in total. The summed E-state index contributed by atoms with van der Waals surface area (Å²) in [6, 6.07) is 17.2. The summed E-state index contributed by atoms with van der Waals surface area (Å²) in [5, 5.41) is 7.07. The first kappa shape index (κ1) is 50.3. The first-order valence-electron chi connectivity index (χ1n) is 21.3. The lowest BCUT2D eigenvalue weighted by Crippen LogP contribution is -2.27. The van der Waals surface area contributed by atoms with Gasteiger partial charge in [-0.2, -0.15) is 0 Å². The Morgan fingerprint density at radius 2 is 1.36 bits per heavy atom. The Labute approximate surface area is 417 Å². The molecular formula is C47H55ClI2N12O4. The molecule has 2 amide bonds. The molecule has 0 atom stereocenters. The SMILES string of the molecule is CN(C(=O)/C=C/CN(C)C1CC1)c1cccc(-n2cc(I)c3c(N)ncnc32)c1.CN(C/C=C/C(=O)Cl)C1CC1.CNc1cccc(-n2cc(I)c3c(NC(=O)OC(C)(C)C)ncnc32)c1. The number of aromatic nitrogens is 6. The molecule has 0 bridgehead atoms. The summed E-state index contributed by atoms with van der Waals surface area (Å²) >= 11 is 9.56. The molecule has 66 heavy (non-hydrogen) atoms. The van der Waals surface area contributed by atoms with Gasteiger partial charge in [0.1, 0.15) is 29.9 Å². The van der Waals surface area contributed by atoms with Crippen molar-refractivity contribution in [3.8, 4) is 11.4 Å². The predicted octanol–water partition coefficient (Wildman–Crippen LogP) is 9.04. The number of nitrogens with one attached hydrogen (secondary N) is 2. The molecule has 2 aliphatic rings. The van der Waals surface area contributed by atoms with Crippen molar-refractivity contribution in [3.05, 3.63) is 105 Å². The number of anilines is 4. The van der Waals surface area contributed by atoms with Gasteiger partial charge in [0.15, 0.2) is 11.3 Å². The zero-order valence-electron chi connectivity index (χ0n) is 38.0. The molecule has 0 saturated heterocycles. The Hall–Kier alpha value is -5.16. The van der Waals surface area contributed by atoms with Crippen molar-refractivity contribution < 1.29 is 19.1 Å². The average molecular weight is 1140 g/mol. The van der Waals surface area contributed by atoms with E-state index in [1.807, 2.05) is 104 Å². The second-order valence-electron chi connectivity index (χ2n) is 16.9. The number of ether oxygens (including phenoxy) is 1. The lowest BCUT2D eigenvalue weighted by molar-refractivity contribution is -0.114. The van der Waals surface area contributed by atoms with E-state index >= 15 is 0 Å². The molecular weight excluding hydrogens is 1090 g/mol. The Bertz CT molecular complexity index is 2740. The molecule has 0 unspecified atom stereocenters. The number of hydrogen-bond acceptors (Lipinski definition) is 12. The number of carbonyl (C=O) groups excluding carboxylic acids is 3. The average Bonchev–Trinajstić information content (AvgIpc) is 4.23. The Morgan fingerprint density at radius 3 is 1.94 bits per heavy atom. The van der Waals surface area contributed by atoms with Crippen molar-refractivity contribution >= 4 is 119 Å². The molecule has 4 aromatic heterocycles. The smallest absolute Gasteiger partial charge is 0.413 e. The van der Waals surface area contributed by atoms with Crippen LogP contribution in [0.5, 0.6) is 0 Å². The number of rotatable bonds is 13.